The van der Waals surface area contributed by atoms with Crippen molar-refractivity contribution in [2.75, 3.05) is 9.80 Å². The molecule has 0 aliphatic carbocycles. The van der Waals surface area contributed by atoms with Gasteiger partial charge in [-0.3, -0.25) is 0 Å². The zero-order valence-electron chi connectivity index (χ0n) is 40.5. The average Bonchev–Trinajstić information content (AvgIpc) is 4.13. The maximum absolute atomic E-state index is 7.27. The standard InChI is InChI=1S/C62H45BN2O2S2Si2/c1-62(2,3)32-28-45-51-46(29-32)65-44-27-25-38-36-19-11-15-23-50(36)69-57(38)59(44)71(6,7)61-53(65)42(31-40-34-17-9-13-21-48(34)67-55(40)61)63(51)41-30-39-33-16-8-12-20-47(33)66-54(39)60-52(41)64(45)43-26-24-37-35-18-10-14-22-49(35)68-56(37)58(43)70(60,4)5/h8-31H,1-7H3. The Bertz CT molecular complexity index is 4400. The Morgan fingerprint density at radius 3 is 1.31 bits per heavy atom. The molecule has 17 rings (SSSR count). The van der Waals surface area contributed by atoms with E-state index in [0.29, 0.717) is 0 Å². The first-order valence-corrected chi connectivity index (χ1v) is 32.7. The van der Waals surface area contributed by atoms with E-state index in [0.717, 1.165) is 22.3 Å². The van der Waals surface area contributed by atoms with Crippen LogP contribution in [0.5, 0.6) is 0 Å². The van der Waals surface area contributed by atoms with Gasteiger partial charge in [0, 0.05) is 106 Å². The molecular weight excluding hydrogens is 936 g/mol. The zero-order chi connectivity index (χ0) is 47.4. The van der Waals surface area contributed by atoms with E-state index >= 15 is 0 Å². The fraction of sp³-hybridized carbons (Fsp3) is 0.129. The van der Waals surface area contributed by atoms with E-state index in [2.05, 4.69) is 202 Å². The molecule has 0 radical (unpaired) electrons. The molecule has 0 spiro atoms. The molecule has 0 saturated heterocycles. The molecule has 0 saturated carbocycles. The molecule has 8 heterocycles. The van der Waals surface area contributed by atoms with Crippen LogP contribution in [0.1, 0.15) is 26.3 Å². The van der Waals surface area contributed by atoms with Gasteiger partial charge in [0.25, 0.3) is 6.71 Å². The highest BCUT2D eigenvalue weighted by Gasteiger charge is 2.55. The summed E-state index contributed by atoms with van der Waals surface area (Å²) in [4.78, 5) is 5.46. The molecule has 0 amide bonds. The topological polar surface area (TPSA) is 32.8 Å². The average molecular weight is 981 g/mol. The van der Waals surface area contributed by atoms with Gasteiger partial charge in [-0.15, -0.1) is 22.7 Å². The molecule has 0 bridgehead atoms. The smallest absolute Gasteiger partial charge is 0.252 e. The fourth-order valence-electron chi connectivity index (χ4n) is 14.2. The third kappa shape index (κ3) is 4.65. The second-order valence-corrected chi connectivity index (χ2v) is 33.3. The van der Waals surface area contributed by atoms with Crippen molar-refractivity contribution in [2.24, 2.45) is 0 Å². The van der Waals surface area contributed by atoms with Crippen molar-refractivity contribution in [3.8, 4) is 0 Å². The first-order valence-electron chi connectivity index (χ1n) is 25.0. The van der Waals surface area contributed by atoms with Gasteiger partial charge in [0.05, 0.1) is 0 Å². The minimum Gasteiger partial charge on any atom is -0.456 e. The molecule has 338 valence electrons. The van der Waals surface area contributed by atoms with Gasteiger partial charge in [-0.1, -0.05) is 144 Å². The maximum atomic E-state index is 7.27. The van der Waals surface area contributed by atoms with Gasteiger partial charge in [0.15, 0.2) is 0 Å². The Morgan fingerprint density at radius 2 is 0.859 bits per heavy atom. The number of hydrogen-bond donors (Lipinski definition) is 0. The molecule has 0 N–H and O–H groups in total. The van der Waals surface area contributed by atoms with Gasteiger partial charge in [-0.2, -0.15) is 0 Å². The number of fused-ring (bicyclic) bond motifs is 24. The Morgan fingerprint density at radius 1 is 0.437 bits per heavy atom. The van der Waals surface area contributed by atoms with Crippen LogP contribution in [-0.4, -0.2) is 22.9 Å². The van der Waals surface area contributed by atoms with Crippen LogP contribution in [0.15, 0.2) is 154 Å². The van der Waals surface area contributed by atoms with E-state index < -0.39 is 16.1 Å². The molecule has 0 atom stereocenters. The molecule has 0 unspecified atom stereocenters. The minimum absolute atomic E-state index is 0.0565. The van der Waals surface area contributed by atoms with E-state index in [1.807, 2.05) is 22.7 Å². The van der Waals surface area contributed by atoms with Crippen LogP contribution < -0.4 is 46.9 Å². The first-order chi connectivity index (χ1) is 34.4. The molecule has 71 heavy (non-hydrogen) atoms. The zero-order valence-corrected chi connectivity index (χ0v) is 44.1. The third-order valence-corrected chi connectivity index (χ3v) is 26.9. The van der Waals surface area contributed by atoms with Crippen LogP contribution in [-0.2, 0) is 5.41 Å². The molecule has 4 aliphatic rings. The summed E-state index contributed by atoms with van der Waals surface area (Å²) in [5, 5.41) is 16.0. The van der Waals surface area contributed by atoms with Gasteiger partial charge in [0.1, 0.15) is 38.5 Å². The number of benzene rings is 9. The van der Waals surface area contributed by atoms with Crippen molar-refractivity contribution >= 4 is 201 Å². The minimum atomic E-state index is -2.59. The summed E-state index contributed by atoms with van der Waals surface area (Å²) in [6, 6.07) is 55.6. The lowest BCUT2D eigenvalue weighted by Gasteiger charge is -2.51. The van der Waals surface area contributed by atoms with E-state index in [1.54, 1.807) is 0 Å². The van der Waals surface area contributed by atoms with E-state index in [4.69, 9.17) is 8.83 Å². The number of hydrogen-bond acceptors (Lipinski definition) is 6. The van der Waals surface area contributed by atoms with Crippen molar-refractivity contribution in [2.45, 2.75) is 52.4 Å². The van der Waals surface area contributed by atoms with Crippen molar-refractivity contribution < 1.29 is 8.83 Å². The molecule has 4 nitrogen and oxygen atoms in total. The van der Waals surface area contributed by atoms with Crippen LogP contribution >= 0.6 is 22.7 Å². The maximum Gasteiger partial charge on any atom is 0.252 e. The summed E-state index contributed by atoms with van der Waals surface area (Å²) in [7, 11) is -5.17. The van der Waals surface area contributed by atoms with E-state index in [-0.39, 0.29) is 12.1 Å². The molecule has 9 heteroatoms. The summed E-state index contributed by atoms with van der Waals surface area (Å²) >= 11 is 3.95. The van der Waals surface area contributed by atoms with Gasteiger partial charge in [-0.05, 0) is 86.3 Å². The second kappa shape index (κ2) is 12.8. The number of anilines is 6. The molecule has 9 aromatic carbocycles. The summed E-state index contributed by atoms with van der Waals surface area (Å²) in [6.45, 7) is 17.5. The summed E-state index contributed by atoms with van der Waals surface area (Å²) < 4.78 is 20.0. The number of para-hydroxylation sites is 2. The summed E-state index contributed by atoms with van der Waals surface area (Å²) in [6.07, 6.45) is 0. The Hall–Kier alpha value is -6.88. The first kappa shape index (κ1) is 39.8. The van der Waals surface area contributed by atoms with Gasteiger partial charge in [-0.25, -0.2) is 0 Å². The normalized spacial score (nSPS) is 16.0. The predicted octanol–water partition coefficient (Wildman–Crippen LogP) is 13.9. The van der Waals surface area contributed by atoms with Crippen LogP contribution in [0.3, 0.4) is 0 Å². The lowest BCUT2D eigenvalue weighted by molar-refractivity contribution is 0.590. The summed E-state index contributed by atoms with van der Waals surface area (Å²) in [5.74, 6) is 0. The van der Waals surface area contributed by atoms with Crippen molar-refractivity contribution in [1.29, 1.82) is 0 Å². The van der Waals surface area contributed by atoms with Gasteiger partial charge >= 0.3 is 0 Å². The SMILES string of the molecule is CC(C)(C)c1cc2c3c(c1)N1c4ccc5c(sc6ccccc65)c4[Si](C)(C)c4c1c(cc1c4oc4ccccc41)B3c1cc3c(oc4ccccc43)c3c1N2c1ccc2c(sc4ccccc42)c1[Si]3(C)C. The second-order valence-electron chi connectivity index (χ2n) is 22.7. The number of rotatable bonds is 0. The van der Waals surface area contributed by atoms with Crippen LogP contribution in [0.25, 0.3) is 84.2 Å². The van der Waals surface area contributed by atoms with Crippen LogP contribution in [0, 0.1) is 0 Å². The van der Waals surface area contributed by atoms with E-state index in [1.165, 1.54) is 139 Å². The number of thiophene rings is 2. The Balaban J connectivity index is 1.10. The molecule has 4 aliphatic heterocycles. The Kier molecular flexibility index (Phi) is 7.16. The molecule has 4 aromatic heterocycles. The fourth-order valence-corrected chi connectivity index (χ4v) is 25.1. The van der Waals surface area contributed by atoms with Gasteiger partial charge < -0.3 is 18.6 Å². The lowest BCUT2D eigenvalue weighted by Crippen LogP contribution is -2.70. The van der Waals surface area contributed by atoms with Crippen molar-refractivity contribution in [1.82, 2.24) is 0 Å². The van der Waals surface area contributed by atoms with Crippen LogP contribution in [0.4, 0.5) is 34.1 Å². The van der Waals surface area contributed by atoms with E-state index in [9.17, 15) is 0 Å². The molecular formula is C62H45BN2O2S2Si2. The van der Waals surface area contributed by atoms with Crippen LogP contribution in [0.2, 0.25) is 26.2 Å². The van der Waals surface area contributed by atoms with Gasteiger partial charge in [0.2, 0.25) is 0 Å². The van der Waals surface area contributed by atoms with Crippen molar-refractivity contribution in [3.05, 3.63) is 151 Å². The van der Waals surface area contributed by atoms with Crippen molar-refractivity contribution in [3.63, 3.8) is 0 Å². The Labute approximate surface area is 420 Å². The number of furan rings is 2. The quantitative estimate of drug-likeness (QED) is 0.142. The monoisotopic (exact) mass is 980 g/mol. The predicted molar refractivity (Wildman–Crippen MR) is 313 cm³/mol. The number of nitrogens with zero attached hydrogens (tertiary/aromatic N) is 2. The molecule has 0 fully saturated rings. The highest BCUT2D eigenvalue weighted by Crippen LogP contribution is 2.53. The highest BCUT2D eigenvalue weighted by molar-refractivity contribution is 7.29. The largest absolute Gasteiger partial charge is 0.456 e. The highest BCUT2D eigenvalue weighted by atomic mass is 32.1. The molecule has 13 aromatic rings. The summed E-state index contributed by atoms with van der Waals surface area (Å²) in [5.41, 5.74) is 17.2. The third-order valence-electron chi connectivity index (χ3n) is 17.2. The lowest BCUT2D eigenvalue weighted by atomic mass is 9.33.